The smallest absolute Gasteiger partial charge is 0.214 e. The van der Waals surface area contributed by atoms with E-state index in [1.807, 2.05) is 61.5 Å². The Morgan fingerprint density at radius 1 is 1.10 bits per heavy atom. The number of nitro groups is 1. The van der Waals surface area contributed by atoms with Crippen molar-refractivity contribution in [1.29, 1.82) is 0 Å². The lowest BCUT2D eigenvalue weighted by Gasteiger charge is -2.14. The van der Waals surface area contributed by atoms with Crippen LogP contribution < -0.4 is 0 Å². The van der Waals surface area contributed by atoms with Crippen molar-refractivity contribution in [2.24, 2.45) is 0 Å². The van der Waals surface area contributed by atoms with Gasteiger partial charge in [-0.3, -0.25) is 10.1 Å². The Morgan fingerprint density at radius 2 is 1.76 bits per heavy atom. The van der Waals surface area contributed by atoms with E-state index in [-0.39, 0.29) is 17.4 Å². The Hall–Kier alpha value is -2.62. The van der Waals surface area contributed by atoms with Gasteiger partial charge in [0.15, 0.2) is 0 Å². The molecule has 1 unspecified atom stereocenters. The van der Waals surface area contributed by atoms with Gasteiger partial charge in [-0.2, -0.15) is 0 Å². The van der Waals surface area contributed by atoms with Crippen LogP contribution >= 0.6 is 0 Å². The van der Waals surface area contributed by atoms with Crippen LogP contribution in [-0.4, -0.2) is 16.5 Å². The monoisotopic (exact) mass is 280 g/mol. The Kier molecular flexibility index (Phi) is 3.44. The van der Waals surface area contributed by atoms with Crippen molar-refractivity contribution in [3.8, 4) is 0 Å². The molecule has 4 heteroatoms. The highest BCUT2D eigenvalue weighted by molar-refractivity contribution is 5.85. The molecule has 0 aliphatic heterocycles. The zero-order chi connectivity index (χ0) is 14.8. The Balaban J connectivity index is 2.19. The highest BCUT2D eigenvalue weighted by Gasteiger charge is 2.25. The average Bonchev–Trinajstić information content (AvgIpc) is 2.81. The van der Waals surface area contributed by atoms with Gasteiger partial charge in [-0.25, -0.2) is 0 Å². The molecule has 0 fully saturated rings. The quantitative estimate of drug-likeness (QED) is 0.582. The van der Waals surface area contributed by atoms with E-state index >= 15 is 0 Å². The van der Waals surface area contributed by atoms with Crippen LogP contribution in [0.3, 0.4) is 0 Å². The standard InChI is InChI=1S/C17H16N2O2/c1-12-17(14-9-5-6-10-16(14)18-12)15(11-19(20)21)13-7-3-2-4-8-13/h2-10,15,18H,11H2,1H3. The van der Waals surface area contributed by atoms with Gasteiger partial charge in [0.25, 0.3) is 0 Å². The van der Waals surface area contributed by atoms with Crippen molar-refractivity contribution in [3.05, 3.63) is 81.5 Å². The number of nitrogens with zero attached hydrogens (tertiary/aromatic N) is 1. The van der Waals surface area contributed by atoms with Crippen molar-refractivity contribution in [2.75, 3.05) is 6.54 Å². The zero-order valence-corrected chi connectivity index (χ0v) is 11.7. The van der Waals surface area contributed by atoms with Crippen LogP contribution in [-0.2, 0) is 0 Å². The fourth-order valence-corrected chi connectivity index (χ4v) is 2.95. The molecule has 21 heavy (non-hydrogen) atoms. The van der Waals surface area contributed by atoms with E-state index in [4.69, 9.17) is 0 Å². The number of aromatic nitrogens is 1. The normalized spacial score (nSPS) is 12.4. The fourth-order valence-electron chi connectivity index (χ4n) is 2.95. The zero-order valence-electron chi connectivity index (χ0n) is 11.7. The molecule has 3 aromatic rings. The second kappa shape index (κ2) is 5.40. The highest BCUT2D eigenvalue weighted by atomic mass is 16.6. The molecule has 1 aromatic heterocycles. The molecular formula is C17H16N2O2. The summed E-state index contributed by atoms with van der Waals surface area (Å²) in [5.41, 5.74) is 4.01. The third-order valence-corrected chi connectivity index (χ3v) is 3.83. The minimum atomic E-state index is -0.239. The van der Waals surface area contributed by atoms with Gasteiger partial charge in [0.1, 0.15) is 0 Å². The summed E-state index contributed by atoms with van der Waals surface area (Å²) >= 11 is 0. The number of aromatic amines is 1. The molecule has 1 heterocycles. The van der Waals surface area contributed by atoms with E-state index in [2.05, 4.69) is 4.98 Å². The van der Waals surface area contributed by atoms with Crippen LogP contribution in [0.2, 0.25) is 0 Å². The van der Waals surface area contributed by atoms with Crippen LogP contribution in [0.15, 0.2) is 54.6 Å². The minimum Gasteiger partial charge on any atom is -0.358 e. The van der Waals surface area contributed by atoms with Gasteiger partial charge in [0, 0.05) is 21.5 Å². The van der Waals surface area contributed by atoms with Crippen LogP contribution in [0.5, 0.6) is 0 Å². The molecule has 0 spiro atoms. The second-order valence-corrected chi connectivity index (χ2v) is 5.19. The van der Waals surface area contributed by atoms with Gasteiger partial charge in [0.2, 0.25) is 6.54 Å². The predicted molar refractivity (Wildman–Crippen MR) is 83.2 cm³/mol. The van der Waals surface area contributed by atoms with Gasteiger partial charge in [-0.15, -0.1) is 0 Å². The number of para-hydroxylation sites is 1. The summed E-state index contributed by atoms with van der Waals surface area (Å²) in [5.74, 6) is -0.239. The summed E-state index contributed by atoms with van der Waals surface area (Å²) in [6.45, 7) is 1.87. The average molecular weight is 280 g/mol. The number of rotatable bonds is 4. The lowest BCUT2D eigenvalue weighted by molar-refractivity contribution is -0.481. The Bertz CT molecular complexity index is 778. The first kappa shape index (κ1) is 13.4. The molecule has 4 nitrogen and oxygen atoms in total. The van der Waals surface area contributed by atoms with Crippen molar-refractivity contribution in [3.63, 3.8) is 0 Å². The van der Waals surface area contributed by atoms with Crippen molar-refractivity contribution < 1.29 is 4.92 Å². The molecule has 0 aliphatic rings. The SMILES string of the molecule is Cc1[nH]c2ccccc2c1C(C[N+](=O)[O-])c1ccccc1. The number of fused-ring (bicyclic) bond motifs is 1. The number of hydrogen-bond acceptors (Lipinski definition) is 2. The maximum Gasteiger partial charge on any atom is 0.214 e. The molecule has 0 saturated carbocycles. The lowest BCUT2D eigenvalue weighted by Crippen LogP contribution is -2.14. The van der Waals surface area contributed by atoms with Gasteiger partial charge in [0.05, 0.1) is 5.92 Å². The molecule has 0 radical (unpaired) electrons. The van der Waals surface area contributed by atoms with E-state index in [1.54, 1.807) is 0 Å². The van der Waals surface area contributed by atoms with Gasteiger partial charge in [-0.1, -0.05) is 48.5 Å². The van der Waals surface area contributed by atoms with Crippen molar-refractivity contribution in [2.45, 2.75) is 12.8 Å². The summed E-state index contributed by atoms with van der Waals surface area (Å²) in [6.07, 6.45) is 0. The number of hydrogen-bond donors (Lipinski definition) is 1. The summed E-state index contributed by atoms with van der Waals surface area (Å²) in [6, 6.07) is 17.6. The Morgan fingerprint density at radius 3 is 2.48 bits per heavy atom. The first-order valence-electron chi connectivity index (χ1n) is 6.91. The van der Waals surface area contributed by atoms with Crippen LogP contribution in [0.1, 0.15) is 22.7 Å². The maximum absolute atomic E-state index is 11.1. The van der Waals surface area contributed by atoms with E-state index in [0.717, 1.165) is 27.7 Å². The summed E-state index contributed by atoms with van der Waals surface area (Å²) < 4.78 is 0. The minimum absolute atomic E-state index is 0.104. The lowest BCUT2D eigenvalue weighted by atomic mass is 9.89. The third-order valence-electron chi connectivity index (χ3n) is 3.83. The molecule has 1 atom stereocenters. The summed E-state index contributed by atoms with van der Waals surface area (Å²) in [4.78, 5) is 14.2. The molecule has 1 N–H and O–H groups in total. The second-order valence-electron chi connectivity index (χ2n) is 5.19. The van der Waals surface area contributed by atoms with E-state index in [9.17, 15) is 10.1 Å². The maximum atomic E-state index is 11.1. The molecule has 3 rings (SSSR count). The molecule has 0 saturated heterocycles. The summed E-state index contributed by atoms with van der Waals surface area (Å²) in [5, 5.41) is 12.2. The van der Waals surface area contributed by atoms with E-state index < -0.39 is 0 Å². The summed E-state index contributed by atoms with van der Waals surface area (Å²) in [7, 11) is 0. The number of benzene rings is 2. The first-order valence-corrected chi connectivity index (χ1v) is 6.91. The van der Waals surface area contributed by atoms with Crippen LogP contribution in [0, 0.1) is 17.0 Å². The van der Waals surface area contributed by atoms with Crippen LogP contribution in [0.4, 0.5) is 0 Å². The van der Waals surface area contributed by atoms with Gasteiger partial charge >= 0.3 is 0 Å². The third kappa shape index (κ3) is 2.52. The van der Waals surface area contributed by atoms with Crippen molar-refractivity contribution in [1.82, 2.24) is 4.98 Å². The molecular weight excluding hydrogens is 264 g/mol. The van der Waals surface area contributed by atoms with E-state index in [1.165, 1.54) is 0 Å². The van der Waals surface area contributed by atoms with Gasteiger partial charge in [-0.05, 0) is 24.1 Å². The molecule has 2 aromatic carbocycles. The highest BCUT2D eigenvalue weighted by Crippen LogP contribution is 2.33. The first-order chi connectivity index (χ1) is 10.2. The molecule has 106 valence electrons. The molecule has 0 amide bonds. The van der Waals surface area contributed by atoms with Crippen molar-refractivity contribution >= 4 is 10.9 Å². The predicted octanol–water partition coefficient (Wildman–Crippen LogP) is 3.88. The number of H-pyrrole nitrogens is 1. The number of nitrogens with one attached hydrogen (secondary N) is 1. The fraction of sp³-hybridized carbons (Fsp3) is 0.176. The topological polar surface area (TPSA) is 58.9 Å². The Labute approximate surface area is 122 Å². The molecule has 0 aliphatic carbocycles. The van der Waals surface area contributed by atoms with E-state index in [0.29, 0.717) is 0 Å². The largest absolute Gasteiger partial charge is 0.358 e. The van der Waals surface area contributed by atoms with Crippen LogP contribution in [0.25, 0.3) is 10.9 Å². The van der Waals surface area contributed by atoms with Gasteiger partial charge < -0.3 is 4.98 Å². The number of aryl methyl sites for hydroxylation is 1. The molecule has 0 bridgehead atoms.